The lowest BCUT2D eigenvalue weighted by Gasteiger charge is -2.35. The van der Waals surface area contributed by atoms with Gasteiger partial charge in [0.1, 0.15) is 0 Å². The molecule has 3 aromatic rings. The summed E-state index contributed by atoms with van der Waals surface area (Å²) in [6.45, 7) is 1.53. The Kier molecular flexibility index (Phi) is 9.10. The summed E-state index contributed by atoms with van der Waals surface area (Å²) in [4.78, 5) is 32.7. The number of imide groups is 1. The highest BCUT2D eigenvalue weighted by molar-refractivity contribution is 14.1. The Labute approximate surface area is 258 Å². The van der Waals surface area contributed by atoms with Gasteiger partial charge in [0.25, 0.3) is 0 Å². The molecule has 42 heavy (non-hydrogen) atoms. The number of halogens is 1. The van der Waals surface area contributed by atoms with Crippen molar-refractivity contribution in [2.45, 2.75) is 32.3 Å². The molecular weight excluding hydrogens is 647 g/mol. The zero-order valence-electron chi connectivity index (χ0n) is 23.4. The van der Waals surface area contributed by atoms with Crippen LogP contribution in [0.4, 0.5) is 5.69 Å². The summed E-state index contributed by atoms with van der Waals surface area (Å²) < 4.78 is 5.97. The Hall–Kier alpha value is -3.54. The highest BCUT2D eigenvalue weighted by atomic mass is 127. The lowest BCUT2D eigenvalue weighted by Crippen LogP contribution is -2.38. The van der Waals surface area contributed by atoms with Gasteiger partial charge in [0.2, 0.25) is 11.8 Å². The normalized spacial score (nSPS) is 21.5. The molecule has 9 heteroatoms. The number of carbonyl (C=O) groups excluding carboxylic acids is 2. The average Bonchev–Trinajstić information content (AvgIpc) is 3.25. The van der Waals surface area contributed by atoms with E-state index in [2.05, 4.69) is 27.6 Å². The number of hydrogen-bond donors (Lipinski definition) is 3. The number of benzene rings is 2. The Balaban J connectivity index is 1.42. The number of methoxy groups -OCH3 is 1. The molecule has 4 atom stereocenters. The first-order valence-electron chi connectivity index (χ1n) is 13.8. The molecule has 5 rings (SSSR count). The Morgan fingerprint density at radius 3 is 2.55 bits per heavy atom. The van der Waals surface area contributed by atoms with Gasteiger partial charge in [0.15, 0.2) is 11.5 Å². The maximum atomic E-state index is 13.6. The fourth-order valence-electron chi connectivity index (χ4n) is 6.26. The molecule has 0 spiro atoms. The van der Waals surface area contributed by atoms with Crippen LogP contribution in [0.5, 0.6) is 11.5 Å². The van der Waals surface area contributed by atoms with E-state index >= 15 is 0 Å². The number of phenols is 1. The molecule has 218 valence electrons. The van der Waals surface area contributed by atoms with Gasteiger partial charge in [-0.2, -0.15) is 0 Å². The van der Waals surface area contributed by atoms with E-state index in [-0.39, 0.29) is 24.2 Å². The van der Waals surface area contributed by atoms with Crippen LogP contribution in [0.25, 0.3) is 11.6 Å². The molecule has 1 aliphatic heterocycles. The first-order chi connectivity index (χ1) is 20.2. The van der Waals surface area contributed by atoms with Crippen LogP contribution in [-0.4, -0.2) is 51.9 Å². The van der Waals surface area contributed by atoms with Crippen molar-refractivity contribution in [2.24, 2.45) is 17.8 Å². The van der Waals surface area contributed by atoms with Crippen LogP contribution in [0, 0.1) is 21.3 Å². The van der Waals surface area contributed by atoms with Crippen LogP contribution in [-0.2, 0) is 9.59 Å². The van der Waals surface area contributed by atoms with E-state index in [0.29, 0.717) is 39.8 Å². The Morgan fingerprint density at radius 2 is 1.88 bits per heavy atom. The van der Waals surface area contributed by atoms with Crippen molar-refractivity contribution >= 4 is 51.7 Å². The summed E-state index contributed by atoms with van der Waals surface area (Å²) in [5.74, 6) is -2.12. The van der Waals surface area contributed by atoms with Crippen LogP contribution >= 0.6 is 22.6 Å². The summed E-state index contributed by atoms with van der Waals surface area (Å²) >= 11 is 2.05. The third-order valence-electron chi connectivity index (χ3n) is 8.19. The van der Waals surface area contributed by atoms with E-state index in [0.717, 1.165) is 22.4 Å². The number of aliphatic hydroxyl groups is 2. The van der Waals surface area contributed by atoms with E-state index in [1.165, 1.54) is 12.0 Å². The number of hydrogen-bond acceptors (Lipinski definition) is 7. The zero-order valence-corrected chi connectivity index (χ0v) is 25.6. The molecule has 2 amide bonds. The molecule has 0 radical (unpaired) electrons. The van der Waals surface area contributed by atoms with E-state index in [1.807, 2.05) is 43.3 Å². The van der Waals surface area contributed by atoms with Crippen molar-refractivity contribution < 1.29 is 29.6 Å². The molecule has 0 saturated carbocycles. The lowest BCUT2D eigenvalue weighted by atomic mass is 9.68. The number of aromatic nitrogens is 1. The first-order valence-corrected chi connectivity index (χ1v) is 14.9. The number of fused-ring (bicyclic) bond motifs is 1. The number of allylic oxidation sites excluding steroid dienone is 2. The number of ether oxygens (including phenoxy) is 1. The minimum atomic E-state index is -0.932. The van der Waals surface area contributed by atoms with Crippen molar-refractivity contribution in [1.29, 1.82) is 0 Å². The van der Waals surface area contributed by atoms with Gasteiger partial charge in [-0.1, -0.05) is 29.8 Å². The lowest BCUT2D eigenvalue weighted by molar-refractivity contribution is -0.123. The van der Waals surface area contributed by atoms with Gasteiger partial charge in [0.05, 0.1) is 46.6 Å². The topological polar surface area (TPSA) is 120 Å². The minimum absolute atomic E-state index is 0.0730. The van der Waals surface area contributed by atoms with Crippen LogP contribution in [0.2, 0.25) is 0 Å². The van der Waals surface area contributed by atoms with E-state index < -0.39 is 23.9 Å². The second-order valence-electron chi connectivity index (χ2n) is 10.7. The van der Waals surface area contributed by atoms with E-state index in [4.69, 9.17) is 4.74 Å². The predicted octanol–water partition coefficient (Wildman–Crippen LogP) is 5.22. The fraction of sp³-hybridized carbons (Fsp3) is 0.303. The molecule has 3 N–H and O–H groups in total. The highest BCUT2D eigenvalue weighted by Crippen LogP contribution is 2.47. The van der Waals surface area contributed by atoms with Crippen molar-refractivity contribution in [2.75, 3.05) is 18.6 Å². The number of pyridine rings is 1. The molecule has 1 aromatic heterocycles. The smallest absolute Gasteiger partial charge is 0.238 e. The van der Waals surface area contributed by atoms with Gasteiger partial charge >= 0.3 is 0 Å². The van der Waals surface area contributed by atoms with Gasteiger partial charge in [-0.05, 0) is 108 Å². The summed E-state index contributed by atoms with van der Waals surface area (Å²) in [6, 6.07) is 18.1. The number of para-hydroxylation sites is 1. The van der Waals surface area contributed by atoms with Gasteiger partial charge in [-0.3, -0.25) is 19.5 Å². The van der Waals surface area contributed by atoms with Crippen molar-refractivity contribution in [1.82, 2.24) is 4.98 Å². The second kappa shape index (κ2) is 12.8. The number of carbonyl (C=O) groups is 2. The monoisotopic (exact) mass is 680 g/mol. The van der Waals surface area contributed by atoms with Gasteiger partial charge in [-0.25, -0.2) is 0 Å². The molecule has 1 aliphatic carbocycles. The number of nitrogens with zero attached hydrogens (tertiary/aromatic N) is 2. The Bertz CT molecular complexity index is 1540. The third-order valence-corrected chi connectivity index (χ3v) is 9.01. The molecule has 2 aromatic carbocycles. The zero-order chi connectivity index (χ0) is 30.0. The van der Waals surface area contributed by atoms with Crippen LogP contribution in [0.1, 0.15) is 37.4 Å². The molecular formula is C33H33IN2O6. The quantitative estimate of drug-likeness (QED) is 0.161. The number of aromatic hydroxyl groups is 1. The average molecular weight is 681 g/mol. The number of aliphatic hydroxyl groups excluding tert-OH is 2. The molecule has 0 bridgehead atoms. The minimum Gasteiger partial charge on any atom is -0.504 e. The molecule has 2 heterocycles. The van der Waals surface area contributed by atoms with E-state index in [1.54, 1.807) is 36.5 Å². The highest BCUT2D eigenvalue weighted by Gasteiger charge is 2.54. The maximum Gasteiger partial charge on any atom is 0.238 e. The maximum absolute atomic E-state index is 13.6. The second-order valence-corrected chi connectivity index (χ2v) is 11.9. The van der Waals surface area contributed by atoms with Crippen molar-refractivity contribution in [3.05, 3.63) is 92.8 Å². The molecule has 0 unspecified atom stereocenters. The van der Waals surface area contributed by atoms with E-state index in [9.17, 15) is 24.9 Å². The summed E-state index contributed by atoms with van der Waals surface area (Å²) in [5, 5.41) is 32.3. The number of phenolic OH excluding ortho intramolecular Hbond substituents is 1. The van der Waals surface area contributed by atoms with Crippen LogP contribution in [0.15, 0.2) is 78.0 Å². The standard InChI is InChI=1S/C33H33IN2O6/c1-19-14-23-30(33(41)36(32(23)40)22-8-4-3-5-9-22)24(18-37)29(19)27(38)12-11-21(26-10-6-7-13-35-26)15-20-16-25(34)31(39)28(17-20)42-2/h3-10,13,15-17,23-24,27,30,37-39H,11-12,14,18H2,1-2H3/b21-15-/t23-,24+,27-,30-/m1/s1. The van der Waals surface area contributed by atoms with Crippen LogP contribution < -0.4 is 9.64 Å². The van der Waals surface area contributed by atoms with Crippen molar-refractivity contribution in [3.63, 3.8) is 0 Å². The SMILES string of the molecule is COc1cc(/C=C(/CC[C@@H](O)C2=C(C)C[C@H]3C(=O)N(c4ccccc4)C(=O)[C@H]3[C@H]2CO)c2ccccn2)cc(I)c1O. The van der Waals surface area contributed by atoms with Gasteiger partial charge < -0.3 is 20.1 Å². The van der Waals surface area contributed by atoms with Gasteiger partial charge in [0, 0.05) is 12.1 Å². The first kappa shape index (κ1) is 29.9. The summed E-state index contributed by atoms with van der Waals surface area (Å²) in [7, 11) is 1.50. The number of rotatable bonds is 9. The van der Waals surface area contributed by atoms with Crippen LogP contribution in [0.3, 0.4) is 0 Å². The summed E-state index contributed by atoms with van der Waals surface area (Å²) in [6.07, 6.45) is 3.86. The summed E-state index contributed by atoms with van der Waals surface area (Å²) in [5.41, 5.74) is 4.41. The number of anilines is 1. The molecule has 8 nitrogen and oxygen atoms in total. The Morgan fingerprint density at radius 1 is 1.14 bits per heavy atom. The number of amides is 2. The van der Waals surface area contributed by atoms with Crippen molar-refractivity contribution in [3.8, 4) is 11.5 Å². The molecule has 1 saturated heterocycles. The fourth-order valence-corrected chi connectivity index (χ4v) is 6.88. The molecule has 2 aliphatic rings. The third kappa shape index (κ3) is 5.73. The molecule has 1 fully saturated rings. The predicted molar refractivity (Wildman–Crippen MR) is 169 cm³/mol. The van der Waals surface area contributed by atoms with Gasteiger partial charge in [-0.15, -0.1) is 0 Å². The largest absolute Gasteiger partial charge is 0.504 e.